The predicted octanol–water partition coefficient (Wildman–Crippen LogP) is 6.07. The number of carbonyl (C=O) groups is 2. The lowest BCUT2D eigenvalue weighted by Crippen LogP contribution is -1.98. The fourth-order valence-electron chi connectivity index (χ4n) is 3.58. The lowest BCUT2D eigenvalue weighted by Gasteiger charge is -2.16. The van der Waals surface area contributed by atoms with Gasteiger partial charge in [-0.1, -0.05) is 55.5 Å². The zero-order valence-electron chi connectivity index (χ0n) is 15.6. The van der Waals surface area contributed by atoms with Gasteiger partial charge in [-0.05, 0) is 51.7 Å². The van der Waals surface area contributed by atoms with Crippen molar-refractivity contribution in [3.63, 3.8) is 0 Å². The highest BCUT2D eigenvalue weighted by Crippen LogP contribution is 2.41. The van der Waals surface area contributed by atoms with Gasteiger partial charge < -0.3 is 4.74 Å². The van der Waals surface area contributed by atoms with E-state index >= 15 is 0 Å². The van der Waals surface area contributed by atoms with Crippen molar-refractivity contribution in [2.75, 3.05) is 6.61 Å². The molecule has 0 heterocycles. The van der Waals surface area contributed by atoms with Crippen LogP contribution in [0.2, 0.25) is 0 Å². The number of fused-ring (bicyclic) bond motifs is 2. The Bertz CT molecular complexity index is 1190. The Morgan fingerprint density at radius 1 is 0.786 bits per heavy atom. The zero-order chi connectivity index (χ0) is 19.5. The van der Waals surface area contributed by atoms with Crippen molar-refractivity contribution < 1.29 is 14.3 Å². The summed E-state index contributed by atoms with van der Waals surface area (Å²) in [7, 11) is 0. The predicted molar refractivity (Wildman–Crippen MR) is 113 cm³/mol. The molecule has 0 unspecified atom stereocenters. The minimum atomic E-state index is 0.607. The monoisotopic (exact) mass is 368 g/mol. The van der Waals surface area contributed by atoms with Crippen molar-refractivity contribution >= 4 is 34.1 Å². The Labute approximate surface area is 163 Å². The van der Waals surface area contributed by atoms with Crippen molar-refractivity contribution in [1.29, 1.82) is 0 Å². The molecular weight excluding hydrogens is 348 g/mol. The average Bonchev–Trinajstić information content (AvgIpc) is 2.76. The molecule has 0 bridgehead atoms. The molecule has 0 radical (unpaired) electrons. The Balaban J connectivity index is 2.09. The molecule has 0 fully saturated rings. The van der Waals surface area contributed by atoms with Gasteiger partial charge in [0.1, 0.15) is 18.3 Å². The maximum Gasteiger partial charge on any atom is 0.150 e. The van der Waals surface area contributed by atoms with Crippen LogP contribution in [0, 0.1) is 0 Å². The van der Waals surface area contributed by atoms with Crippen molar-refractivity contribution in [1.82, 2.24) is 0 Å². The molecule has 0 saturated carbocycles. The van der Waals surface area contributed by atoms with Crippen LogP contribution in [0.3, 0.4) is 0 Å². The Morgan fingerprint density at radius 3 is 2.11 bits per heavy atom. The first-order valence-corrected chi connectivity index (χ1v) is 9.38. The molecule has 0 atom stereocenters. The van der Waals surface area contributed by atoms with Crippen molar-refractivity contribution in [3.05, 3.63) is 77.9 Å². The average molecular weight is 368 g/mol. The summed E-state index contributed by atoms with van der Waals surface area (Å²) in [4.78, 5) is 22.7. The van der Waals surface area contributed by atoms with E-state index in [9.17, 15) is 9.59 Å². The van der Waals surface area contributed by atoms with Crippen LogP contribution >= 0.6 is 0 Å². The summed E-state index contributed by atoms with van der Waals surface area (Å²) in [6.07, 6.45) is 2.62. The summed E-state index contributed by atoms with van der Waals surface area (Å²) in [5, 5.41) is 4.03. The van der Waals surface area contributed by atoms with Crippen LogP contribution in [0.25, 0.3) is 32.7 Å². The number of carbonyl (C=O) groups excluding carboxylic acids is 2. The highest BCUT2D eigenvalue weighted by molar-refractivity contribution is 6.09. The van der Waals surface area contributed by atoms with Gasteiger partial charge in [-0.3, -0.25) is 9.59 Å². The third kappa shape index (κ3) is 3.16. The van der Waals surface area contributed by atoms with Gasteiger partial charge in [0, 0.05) is 16.7 Å². The summed E-state index contributed by atoms with van der Waals surface area (Å²) >= 11 is 0. The Kier molecular flexibility index (Phi) is 4.90. The quantitative estimate of drug-likeness (QED) is 0.388. The topological polar surface area (TPSA) is 43.4 Å². The molecule has 0 saturated heterocycles. The third-order valence-corrected chi connectivity index (χ3v) is 4.92. The van der Waals surface area contributed by atoms with Crippen LogP contribution in [0.4, 0.5) is 0 Å². The minimum absolute atomic E-state index is 0.607. The number of rotatable bonds is 6. The number of hydrogen-bond acceptors (Lipinski definition) is 3. The number of benzene rings is 4. The van der Waals surface area contributed by atoms with Crippen LogP contribution in [0.5, 0.6) is 5.75 Å². The molecule has 0 N–H and O–H groups in total. The second-order valence-corrected chi connectivity index (χ2v) is 6.79. The number of aldehydes is 2. The fourth-order valence-corrected chi connectivity index (χ4v) is 3.58. The van der Waals surface area contributed by atoms with Gasteiger partial charge >= 0.3 is 0 Å². The maximum atomic E-state index is 11.4. The van der Waals surface area contributed by atoms with Gasteiger partial charge in [-0.15, -0.1) is 0 Å². The minimum Gasteiger partial charge on any atom is -0.493 e. The highest BCUT2D eigenvalue weighted by atomic mass is 16.5. The second-order valence-electron chi connectivity index (χ2n) is 6.79. The van der Waals surface area contributed by atoms with Crippen LogP contribution < -0.4 is 4.74 Å². The summed E-state index contributed by atoms with van der Waals surface area (Å²) in [5.41, 5.74) is 3.18. The van der Waals surface area contributed by atoms with Gasteiger partial charge in [0.2, 0.25) is 0 Å². The van der Waals surface area contributed by atoms with Gasteiger partial charge in [0.05, 0.1) is 6.61 Å². The molecule has 28 heavy (non-hydrogen) atoms. The standard InChI is InChI=1S/C25H20O3/c1-2-12-28-24-11-10-20-9-7-18(16-27)14-23(20)25(24)21-5-3-4-19-8-6-17(15-26)13-22(19)21/h3-11,13-16H,2,12H2,1H3. The highest BCUT2D eigenvalue weighted by Gasteiger charge is 2.15. The first kappa shape index (κ1) is 17.9. The van der Waals surface area contributed by atoms with Crippen LogP contribution in [-0.2, 0) is 0 Å². The van der Waals surface area contributed by atoms with E-state index in [4.69, 9.17) is 4.74 Å². The molecule has 4 aromatic rings. The van der Waals surface area contributed by atoms with E-state index in [-0.39, 0.29) is 0 Å². The van der Waals surface area contributed by atoms with Crippen molar-refractivity contribution in [2.45, 2.75) is 13.3 Å². The van der Waals surface area contributed by atoms with Gasteiger partial charge in [0.15, 0.2) is 0 Å². The second kappa shape index (κ2) is 7.65. The molecule has 3 nitrogen and oxygen atoms in total. The first-order chi connectivity index (χ1) is 13.7. The molecule has 0 spiro atoms. The van der Waals surface area contributed by atoms with Crippen LogP contribution in [0.15, 0.2) is 66.7 Å². The Morgan fingerprint density at radius 2 is 1.43 bits per heavy atom. The van der Waals surface area contributed by atoms with Crippen molar-refractivity contribution in [3.8, 4) is 16.9 Å². The van der Waals surface area contributed by atoms with Gasteiger partial charge in [0.25, 0.3) is 0 Å². The summed E-state index contributed by atoms with van der Waals surface area (Å²) in [6, 6.07) is 21.4. The fraction of sp³-hybridized carbons (Fsp3) is 0.120. The van der Waals surface area contributed by atoms with E-state index in [1.807, 2.05) is 66.7 Å². The normalized spacial score (nSPS) is 10.9. The lowest BCUT2D eigenvalue weighted by atomic mass is 9.91. The SMILES string of the molecule is CCCOc1ccc2ccc(C=O)cc2c1-c1cccc2ccc(C=O)cc12. The molecule has 138 valence electrons. The zero-order valence-corrected chi connectivity index (χ0v) is 15.6. The van der Waals surface area contributed by atoms with Crippen molar-refractivity contribution in [2.24, 2.45) is 0 Å². The third-order valence-electron chi connectivity index (χ3n) is 4.92. The number of ether oxygens (including phenoxy) is 1. The van der Waals surface area contributed by atoms with E-state index < -0.39 is 0 Å². The number of hydrogen-bond donors (Lipinski definition) is 0. The lowest BCUT2D eigenvalue weighted by molar-refractivity contribution is 0.111. The van der Waals surface area contributed by atoms with E-state index in [1.54, 1.807) is 0 Å². The summed E-state index contributed by atoms with van der Waals surface area (Å²) in [5.74, 6) is 0.779. The van der Waals surface area contributed by atoms with E-state index in [2.05, 4.69) is 6.92 Å². The Hall–Kier alpha value is -3.46. The molecule has 4 aromatic carbocycles. The molecule has 0 aliphatic heterocycles. The summed E-state index contributed by atoms with van der Waals surface area (Å²) in [6.45, 7) is 2.68. The van der Waals surface area contributed by atoms with E-state index in [0.717, 1.165) is 57.4 Å². The largest absolute Gasteiger partial charge is 0.493 e. The molecule has 0 aliphatic carbocycles. The smallest absolute Gasteiger partial charge is 0.150 e. The molecule has 0 aromatic heterocycles. The maximum absolute atomic E-state index is 11.4. The van der Waals surface area contributed by atoms with Gasteiger partial charge in [-0.25, -0.2) is 0 Å². The van der Waals surface area contributed by atoms with E-state index in [1.165, 1.54) is 0 Å². The first-order valence-electron chi connectivity index (χ1n) is 9.38. The molecule has 3 heteroatoms. The molecular formula is C25H20O3. The van der Waals surface area contributed by atoms with Crippen LogP contribution in [-0.4, -0.2) is 19.2 Å². The summed E-state index contributed by atoms with van der Waals surface area (Å²) < 4.78 is 6.07. The van der Waals surface area contributed by atoms with Crippen LogP contribution in [0.1, 0.15) is 34.1 Å². The molecule has 0 aliphatic rings. The van der Waals surface area contributed by atoms with E-state index in [0.29, 0.717) is 17.7 Å². The molecule has 0 amide bonds. The van der Waals surface area contributed by atoms with Gasteiger partial charge in [-0.2, -0.15) is 0 Å². The molecule has 4 rings (SSSR count).